The van der Waals surface area contributed by atoms with E-state index in [4.69, 9.17) is 0 Å². The van der Waals surface area contributed by atoms with Crippen molar-refractivity contribution in [2.75, 3.05) is 7.05 Å². The third kappa shape index (κ3) is 2.16. The highest BCUT2D eigenvalue weighted by molar-refractivity contribution is 5.75. The Morgan fingerprint density at radius 1 is 1.43 bits per heavy atom. The van der Waals surface area contributed by atoms with Gasteiger partial charge in [0.15, 0.2) is 0 Å². The largest absolute Gasteiger partial charge is 0.359 e. The summed E-state index contributed by atoms with van der Waals surface area (Å²) in [5.41, 5.74) is 3.87. The van der Waals surface area contributed by atoms with E-state index in [1.807, 2.05) is 0 Å². The van der Waals surface area contributed by atoms with Gasteiger partial charge in [0.2, 0.25) is 5.91 Å². The predicted molar refractivity (Wildman–Crippen MR) is 57.3 cm³/mol. The molecule has 0 aliphatic carbocycles. The molecule has 3 heteroatoms. The van der Waals surface area contributed by atoms with Crippen molar-refractivity contribution in [3.63, 3.8) is 0 Å². The van der Waals surface area contributed by atoms with E-state index in [0.29, 0.717) is 6.42 Å². The van der Waals surface area contributed by atoms with Crippen molar-refractivity contribution in [3.8, 4) is 0 Å². The lowest BCUT2D eigenvalue weighted by Gasteiger charge is -2.05. The minimum Gasteiger partial charge on any atom is -0.359 e. The van der Waals surface area contributed by atoms with E-state index >= 15 is 0 Å². The fourth-order valence-electron chi connectivity index (χ4n) is 1.51. The Morgan fingerprint density at radius 3 is 2.50 bits per heavy atom. The van der Waals surface area contributed by atoms with Gasteiger partial charge >= 0.3 is 0 Å². The van der Waals surface area contributed by atoms with E-state index in [0.717, 1.165) is 6.54 Å². The molecule has 0 aliphatic rings. The molecule has 0 saturated carbocycles. The first-order valence-corrected chi connectivity index (χ1v) is 4.89. The number of aromatic nitrogens is 1. The highest BCUT2D eigenvalue weighted by Gasteiger charge is 2.06. The molecule has 0 atom stereocenters. The molecule has 0 aromatic carbocycles. The first-order valence-electron chi connectivity index (χ1n) is 4.89. The zero-order chi connectivity index (χ0) is 10.7. The van der Waals surface area contributed by atoms with Crippen LogP contribution in [0.2, 0.25) is 0 Å². The number of rotatable bonds is 3. The van der Waals surface area contributed by atoms with Gasteiger partial charge in [-0.15, -0.1) is 0 Å². The van der Waals surface area contributed by atoms with Crippen LogP contribution in [0.3, 0.4) is 0 Å². The number of hydrogen-bond donors (Lipinski definition) is 1. The molecule has 3 nitrogen and oxygen atoms in total. The van der Waals surface area contributed by atoms with Crippen molar-refractivity contribution in [1.29, 1.82) is 0 Å². The van der Waals surface area contributed by atoms with Crippen LogP contribution in [0.25, 0.3) is 0 Å². The van der Waals surface area contributed by atoms with Gasteiger partial charge in [-0.3, -0.25) is 4.79 Å². The van der Waals surface area contributed by atoms with Crippen LogP contribution in [0.1, 0.15) is 23.2 Å². The maximum absolute atomic E-state index is 11.1. The minimum absolute atomic E-state index is 0.0911. The van der Waals surface area contributed by atoms with Crippen LogP contribution < -0.4 is 5.32 Å². The van der Waals surface area contributed by atoms with E-state index in [2.05, 4.69) is 36.9 Å². The van der Waals surface area contributed by atoms with Crippen LogP contribution in [0.4, 0.5) is 0 Å². The number of nitrogens with zero attached hydrogens (tertiary/aromatic N) is 1. The van der Waals surface area contributed by atoms with Crippen molar-refractivity contribution < 1.29 is 4.79 Å². The van der Waals surface area contributed by atoms with Gasteiger partial charge in [0.05, 0.1) is 0 Å². The van der Waals surface area contributed by atoms with E-state index in [1.54, 1.807) is 7.05 Å². The quantitative estimate of drug-likeness (QED) is 0.778. The monoisotopic (exact) mass is 194 g/mol. The Labute approximate surface area is 85.1 Å². The topological polar surface area (TPSA) is 34.0 Å². The SMILES string of the molecule is CNC(=O)CCn1cc(C)c(C)c1C. The van der Waals surface area contributed by atoms with Crippen LogP contribution in [0, 0.1) is 20.8 Å². The number of amides is 1. The fourth-order valence-corrected chi connectivity index (χ4v) is 1.51. The highest BCUT2D eigenvalue weighted by atomic mass is 16.1. The number of nitrogens with one attached hydrogen (secondary N) is 1. The van der Waals surface area contributed by atoms with Crippen LogP contribution in [-0.4, -0.2) is 17.5 Å². The van der Waals surface area contributed by atoms with Crippen molar-refractivity contribution in [1.82, 2.24) is 9.88 Å². The van der Waals surface area contributed by atoms with Gasteiger partial charge in [0.1, 0.15) is 0 Å². The Kier molecular flexibility index (Phi) is 3.33. The molecule has 0 fully saturated rings. The first kappa shape index (κ1) is 10.8. The van der Waals surface area contributed by atoms with Crippen molar-refractivity contribution in [3.05, 3.63) is 23.0 Å². The molecule has 1 amide bonds. The molecule has 0 radical (unpaired) electrons. The molecule has 78 valence electrons. The number of carbonyl (C=O) groups is 1. The Morgan fingerprint density at radius 2 is 2.07 bits per heavy atom. The zero-order valence-electron chi connectivity index (χ0n) is 9.35. The second kappa shape index (κ2) is 4.31. The summed E-state index contributed by atoms with van der Waals surface area (Å²) in [7, 11) is 1.67. The Hall–Kier alpha value is -1.25. The molecular formula is C11H18N2O. The lowest BCUT2D eigenvalue weighted by atomic mass is 10.2. The van der Waals surface area contributed by atoms with Crippen LogP contribution >= 0.6 is 0 Å². The lowest BCUT2D eigenvalue weighted by molar-refractivity contribution is -0.120. The summed E-state index contributed by atoms with van der Waals surface area (Å²) in [6.07, 6.45) is 2.65. The standard InChI is InChI=1S/C11H18N2O/c1-8-7-13(10(3)9(8)2)6-5-11(14)12-4/h7H,5-6H2,1-4H3,(H,12,14). The molecule has 1 rings (SSSR count). The maximum Gasteiger partial charge on any atom is 0.221 e. The Bertz CT molecular complexity index is 339. The van der Waals surface area contributed by atoms with Crippen molar-refractivity contribution >= 4 is 5.91 Å². The molecule has 1 aromatic heterocycles. The summed E-state index contributed by atoms with van der Waals surface area (Å²) in [6, 6.07) is 0. The second-order valence-electron chi connectivity index (χ2n) is 3.64. The molecule has 1 aromatic rings. The van der Waals surface area contributed by atoms with Gasteiger partial charge in [0, 0.05) is 31.9 Å². The molecule has 1 heterocycles. The molecule has 0 spiro atoms. The van der Waals surface area contributed by atoms with Crippen molar-refractivity contribution in [2.24, 2.45) is 0 Å². The molecule has 0 aliphatic heterocycles. The Balaban J connectivity index is 2.68. The van der Waals surface area contributed by atoms with Gasteiger partial charge < -0.3 is 9.88 Å². The molecule has 0 unspecified atom stereocenters. The van der Waals surface area contributed by atoms with Crippen LogP contribution in [0.5, 0.6) is 0 Å². The normalized spacial score (nSPS) is 10.3. The summed E-state index contributed by atoms with van der Waals surface area (Å²) in [5, 5.41) is 2.62. The number of carbonyl (C=O) groups excluding carboxylic acids is 1. The van der Waals surface area contributed by atoms with E-state index in [9.17, 15) is 4.79 Å². The maximum atomic E-state index is 11.1. The summed E-state index contributed by atoms with van der Waals surface area (Å²) in [5.74, 6) is 0.0911. The molecular weight excluding hydrogens is 176 g/mol. The molecule has 1 N–H and O–H groups in total. The lowest BCUT2D eigenvalue weighted by Crippen LogP contribution is -2.19. The predicted octanol–water partition coefficient (Wildman–Crippen LogP) is 1.55. The second-order valence-corrected chi connectivity index (χ2v) is 3.64. The van der Waals surface area contributed by atoms with E-state index < -0.39 is 0 Å². The summed E-state index contributed by atoms with van der Waals surface area (Å²) < 4.78 is 2.14. The number of hydrogen-bond acceptors (Lipinski definition) is 1. The van der Waals surface area contributed by atoms with Gasteiger partial charge in [0.25, 0.3) is 0 Å². The average molecular weight is 194 g/mol. The zero-order valence-corrected chi connectivity index (χ0v) is 9.35. The summed E-state index contributed by atoms with van der Waals surface area (Å²) >= 11 is 0. The third-order valence-corrected chi connectivity index (χ3v) is 2.77. The minimum atomic E-state index is 0.0911. The molecule has 0 bridgehead atoms. The van der Waals surface area contributed by atoms with Gasteiger partial charge in [-0.25, -0.2) is 0 Å². The van der Waals surface area contributed by atoms with E-state index in [1.165, 1.54) is 16.8 Å². The third-order valence-electron chi connectivity index (χ3n) is 2.77. The summed E-state index contributed by atoms with van der Waals surface area (Å²) in [6.45, 7) is 7.06. The summed E-state index contributed by atoms with van der Waals surface area (Å²) in [4.78, 5) is 11.1. The van der Waals surface area contributed by atoms with Crippen LogP contribution in [-0.2, 0) is 11.3 Å². The van der Waals surface area contributed by atoms with Gasteiger partial charge in [-0.05, 0) is 31.9 Å². The van der Waals surface area contributed by atoms with E-state index in [-0.39, 0.29) is 5.91 Å². The fraction of sp³-hybridized carbons (Fsp3) is 0.545. The highest BCUT2D eigenvalue weighted by Crippen LogP contribution is 2.14. The average Bonchev–Trinajstić information content (AvgIpc) is 2.42. The van der Waals surface area contributed by atoms with Crippen molar-refractivity contribution in [2.45, 2.75) is 33.7 Å². The van der Waals surface area contributed by atoms with Gasteiger partial charge in [-0.1, -0.05) is 0 Å². The molecule has 0 saturated heterocycles. The smallest absolute Gasteiger partial charge is 0.221 e. The first-order chi connectivity index (χ1) is 6.56. The van der Waals surface area contributed by atoms with Gasteiger partial charge in [-0.2, -0.15) is 0 Å². The number of aryl methyl sites for hydroxylation is 2. The van der Waals surface area contributed by atoms with Crippen LogP contribution in [0.15, 0.2) is 6.20 Å². The molecule has 14 heavy (non-hydrogen) atoms.